The minimum absolute atomic E-state index is 0.276. The highest BCUT2D eigenvalue weighted by Gasteiger charge is 2.35. The van der Waals surface area contributed by atoms with E-state index in [-0.39, 0.29) is 11.1 Å². The van der Waals surface area contributed by atoms with E-state index in [0.29, 0.717) is 0 Å². The maximum absolute atomic E-state index is 11.7. The van der Waals surface area contributed by atoms with Crippen LogP contribution < -0.4 is 5.48 Å². The molecule has 0 aliphatic carbocycles. The lowest BCUT2D eigenvalue weighted by Crippen LogP contribution is -2.39. The summed E-state index contributed by atoms with van der Waals surface area (Å²) in [5.41, 5.74) is 1.93. The third kappa shape index (κ3) is 1.45. The lowest BCUT2D eigenvalue weighted by molar-refractivity contribution is -0.129. The van der Waals surface area contributed by atoms with Crippen molar-refractivity contribution in [3.63, 3.8) is 0 Å². The van der Waals surface area contributed by atoms with E-state index in [4.69, 9.17) is 5.21 Å². The molecule has 6 heteroatoms. The summed E-state index contributed by atoms with van der Waals surface area (Å²) in [4.78, 5) is 35.1. The summed E-state index contributed by atoms with van der Waals surface area (Å²) in [5.74, 6) is -1.86. The Bertz CT molecular complexity index is 448. The van der Waals surface area contributed by atoms with Crippen LogP contribution in [0.3, 0.4) is 0 Å². The number of nitrogens with zero attached hydrogens (tertiary/aromatic N) is 1. The van der Waals surface area contributed by atoms with E-state index in [0.717, 1.165) is 4.90 Å². The topological polar surface area (TPSA) is 86.7 Å². The average Bonchev–Trinajstić information content (AvgIpc) is 2.55. The van der Waals surface area contributed by atoms with Crippen LogP contribution in [0.15, 0.2) is 24.3 Å². The molecule has 0 spiro atoms. The van der Waals surface area contributed by atoms with Crippen molar-refractivity contribution >= 4 is 17.7 Å². The number of hydrogen-bond donors (Lipinski definition) is 2. The highest BCUT2D eigenvalue weighted by molar-refractivity contribution is 6.22. The quantitative estimate of drug-likeness (QED) is 0.410. The molecule has 0 unspecified atom stereocenters. The van der Waals surface area contributed by atoms with Crippen LogP contribution >= 0.6 is 0 Å². The molecule has 1 aromatic carbocycles. The molecule has 3 amide bonds. The number of hydrogen-bond acceptors (Lipinski definition) is 4. The lowest BCUT2D eigenvalue weighted by atomic mass is 10.1. The second-order valence-electron chi connectivity index (χ2n) is 3.28. The number of rotatable bonds is 2. The Kier molecular flexibility index (Phi) is 2.41. The zero-order chi connectivity index (χ0) is 11.7. The van der Waals surface area contributed by atoms with Gasteiger partial charge in [0.25, 0.3) is 17.7 Å². The van der Waals surface area contributed by atoms with Crippen LogP contribution in [0, 0.1) is 0 Å². The number of hydroxylamine groups is 1. The maximum Gasteiger partial charge on any atom is 0.263 e. The number of nitrogens with one attached hydrogen (secondary N) is 1. The lowest BCUT2D eigenvalue weighted by Gasteiger charge is -2.11. The summed E-state index contributed by atoms with van der Waals surface area (Å²) >= 11 is 0. The van der Waals surface area contributed by atoms with Gasteiger partial charge in [0.05, 0.1) is 11.1 Å². The minimum atomic E-state index is -0.811. The van der Waals surface area contributed by atoms with Crippen molar-refractivity contribution in [3.05, 3.63) is 35.4 Å². The Labute approximate surface area is 90.4 Å². The van der Waals surface area contributed by atoms with Crippen LogP contribution in [0.25, 0.3) is 0 Å². The van der Waals surface area contributed by atoms with Crippen molar-refractivity contribution in [1.29, 1.82) is 0 Å². The molecular weight excluding hydrogens is 212 g/mol. The zero-order valence-corrected chi connectivity index (χ0v) is 8.14. The summed E-state index contributed by atoms with van der Waals surface area (Å²) in [6.45, 7) is -0.483. The second kappa shape index (κ2) is 3.74. The molecule has 1 aliphatic rings. The van der Waals surface area contributed by atoms with Gasteiger partial charge in [0.2, 0.25) is 0 Å². The van der Waals surface area contributed by atoms with Crippen LogP contribution in [-0.2, 0) is 4.79 Å². The van der Waals surface area contributed by atoms with E-state index in [2.05, 4.69) is 0 Å². The van der Waals surface area contributed by atoms with Crippen LogP contribution in [0.1, 0.15) is 20.7 Å². The van der Waals surface area contributed by atoms with Crippen LogP contribution in [0.4, 0.5) is 0 Å². The monoisotopic (exact) mass is 220 g/mol. The number of benzene rings is 1. The standard InChI is InChI=1S/C10H8N2O4/c13-8(11-16)5-12-9(14)6-3-1-2-4-7(6)10(12)15/h1-4,16H,5H2,(H,11,13). The van der Waals surface area contributed by atoms with Gasteiger partial charge in [0.1, 0.15) is 6.54 Å². The van der Waals surface area contributed by atoms with Gasteiger partial charge in [0, 0.05) is 0 Å². The number of amides is 3. The van der Waals surface area contributed by atoms with Gasteiger partial charge in [-0.3, -0.25) is 24.5 Å². The first-order valence-corrected chi connectivity index (χ1v) is 4.53. The fourth-order valence-electron chi connectivity index (χ4n) is 1.56. The molecule has 82 valence electrons. The first-order chi connectivity index (χ1) is 7.65. The molecule has 0 saturated heterocycles. The largest absolute Gasteiger partial charge is 0.289 e. The number of imide groups is 1. The van der Waals surface area contributed by atoms with Crippen molar-refractivity contribution in [3.8, 4) is 0 Å². The van der Waals surface area contributed by atoms with E-state index < -0.39 is 24.3 Å². The molecular formula is C10H8N2O4. The van der Waals surface area contributed by atoms with Crippen molar-refractivity contribution in [2.45, 2.75) is 0 Å². The minimum Gasteiger partial charge on any atom is -0.289 e. The molecule has 1 aliphatic heterocycles. The van der Waals surface area contributed by atoms with Gasteiger partial charge in [-0.1, -0.05) is 12.1 Å². The van der Waals surface area contributed by atoms with E-state index in [1.165, 1.54) is 17.6 Å². The van der Waals surface area contributed by atoms with E-state index in [1.807, 2.05) is 0 Å². The Morgan fingerprint density at radius 3 is 2.12 bits per heavy atom. The average molecular weight is 220 g/mol. The predicted molar refractivity (Wildman–Crippen MR) is 51.7 cm³/mol. The first-order valence-electron chi connectivity index (χ1n) is 4.53. The Morgan fingerprint density at radius 2 is 1.69 bits per heavy atom. The fraction of sp³-hybridized carbons (Fsp3) is 0.100. The summed E-state index contributed by atoms with van der Waals surface area (Å²) in [6, 6.07) is 6.32. The van der Waals surface area contributed by atoms with Gasteiger partial charge in [-0.25, -0.2) is 5.48 Å². The van der Waals surface area contributed by atoms with Gasteiger partial charge >= 0.3 is 0 Å². The summed E-state index contributed by atoms with van der Waals surface area (Å²) in [6.07, 6.45) is 0. The van der Waals surface area contributed by atoms with Gasteiger partial charge in [-0.05, 0) is 12.1 Å². The Hall–Kier alpha value is -2.21. The zero-order valence-electron chi connectivity index (χ0n) is 8.14. The Morgan fingerprint density at radius 1 is 1.19 bits per heavy atom. The van der Waals surface area contributed by atoms with Crippen LogP contribution in [0.5, 0.6) is 0 Å². The SMILES string of the molecule is O=C(CN1C(=O)c2ccccc2C1=O)NO. The molecule has 0 saturated carbocycles. The number of carbonyl (C=O) groups excluding carboxylic acids is 3. The molecule has 1 heterocycles. The van der Waals surface area contributed by atoms with Crippen molar-refractivity contribution in [2.75, 3.05) is 6.54 Å². The number of carbonyl (C=O) groups is 3. The number of fused-ring (bicyclic) bond motifs is 1. The predicted octanol–water partition coefficient (Wildman–Crippen LogP) is -0.212. The summed E-state index contributed by atoms with van der Waals surface area (Å²) in [7, 11) is 0. The van der Waals surface area contributed by atoms with E-state index in [1.54, 1.807) is 12.1 Å². The van der Waals surface area contributed by atoms with Gasteiger partial charge in [0.15, 0.2) is 0 Å². The molecule has 2 N–H and O–H groups in total. The van der Waals surface area contributed by atoms with E-state index >= 15 is 0 Å². The Balaban J connectivity index is 2.32. The fourth-order valence-corrected chi connectivity index (χ4v) is 1.56. The molecule has 0 radical (unpaired) electrons. The van der Waals surface area contributed by atoms with Gasteiger partial charge < -0.3 is 0 Å². The third-order valence-electron chi connectivity index (χ3n) is 2.30. The van der Waals surface area contributed by atoms with Crippen molar-refractivity contribution in [1.82, 2.24) is 10.4 Å². The highest BCUT2D eigenvalue weighted by Crippen LogP contribution is 2.21. The van der Waals surface area contributed by atoms with Gasteiger partial charge in [-0.15, -0.1) is 0 Å². The van der Waals surface area contributed by atoms with Crippen LogP contribution in [-0.4, -0.2) is 34.4 Å². The second-order valence-corrected chi connectivity index (χ2v) is 3.28. The molecule has 0 atom stereocenters. The van der Waals surface area contributed by atoms with Crippen molar-refractivity contribution in [2.24, 2.45) is 0 Å². The first kappa shape index (κ1) is 10.3. The smallest absolute Gasteiger partial charge is 0.263 e. The molecule has 6 nitrogen and oxygen atoms in total. The normalized spacial score (nSPS) is 13.9. The molecule has 1 aromatic rings. The van der Waals surface area contributed by atoms with E-state index in [9.17, 15) is 14.4 Å². The highest BCUT2D eigenvalue weighted by atomic mass is 16.5. The molecule has 2 rings (SSSR count). The molecule has 0 bridgehead atoms. The molecule has 0 fully saturated rings. The maximum atomic E-state index is 11.7. The van der Waals surface area contributed by atoms with Gasteiger partial charge in [-0.2, -0.15) is 0 Å². The van der Waals surface area contributed by atoms with Crippen LogP contribution in [0.2, 0.25) is 0 Å². The molecule has 0 aromatic heterocycles. The summed E-state index contributed by atoms with van der Waals surface area (Å²) in [5, 5.41) is 8.34. The molecule has 16 heavy (non-hydrogen) atoms. The summed E-state index contributed by atoms with van der Waals surface area (Å²) < 4.78 is 0. The van der Waals surface area contributed by atoms with Crippen molar-refractivity contribution < 1.29 is 19.6 Å². The third-order valence-corrected chi connectivity index (χ3v) is 2.30.